The van der Waals surface area contributed by atoms with Gasteiger partial charge in [-0.25, -0.2) is 9.67 Å². The number of anilines is 1. The number of carbonyl (C=O) groups excluding carboxylic acids is 1. The topological polar surface area (TPSA) is 130 Å². The van der Waals surface area contributed by atoms with Gasteiger partial charge in [0.15, 0.2) is 5.82 Å². The van der Waals surface area contributed by atoms with Crippen molar-refractivity contribution in [1.82, 2.24) is 30.1 Å². The number of pyridine rings is 1. The first-order chi connectivity index (χ1) is 17.0. The molecule has 0 aromatic carbocycles. The van der Waals surface area contributed by atoms with Crippen LogP contribution in [0.3, 0.4) is 0 Å². The van der Waals surface area contributed by atoms with E-state index in [0.29, 0.717) is 42.0 Å². The van der Waals surface area contributed by atoms with Crippen LogP contribution in [0.15, 0.2) is 16.7 Å². The molecule has 0 radical (unpaired) electrons. The number of ether oxygens (including phenoxy) is 2. The SMILES string of the molecule is COC(=O)[C@H]1CCC[C@H](Oc2ccc(-c3nnn(C)c3CNc3nc(C4CCC4)no3)nc2C)C1. The summed E-state index contributed by atoms with van der Waals surface area (Å²) in [6.45, 7) is 2.33. The molecule has 186 valence electrons. The van der Waals surface area contributed by atoms with Crippen LogP contribution in [0.4, 0.5) is 6.01 Å². The Balaban J connectivity index is 1.26. The molecule has 0 amide bonds. The number of methoxy groups -OCH3 is 1. The fourth-order valence-corrected chi connectivity index (χ4v) is 4.69. The van der Waals surface area contributed by atoms with Gasteiger partial charge in [0.2, 0.25) is 0 Å². The Morgan fingerprint density at radius 2 is 2.03 bits per heavy atom. The van der Waals surface area contributed by atoms with Crippen molar-refractivity contribution in [3.05, 3.63) is 29.3 Å². The normalized spacial score (nSPS) is 20.3. The molecule has 0 aliphatic heterocycles. The highest BCUT2D eigenvalue weighted by atomic mass is 16.5. The molecule has 3 aromatic rings. The van der Waals surface area contributed by atoms with Crippen LogP contribution < -0.4 is 10.1 Å². The van der Waals surface area contributed by atoms with Crippen molar-refractivity contribution < 1.29 is 18.8 Å². The molecular weight excluding hydrogens is 450 g/mol. The van der Waals surface area contributed by atoms with E-state index >= 15 is 0 Å². The molecule has 0 bridgehead atoms. The fraction of sp³-hybridized carbons (Fsp3) is 0.583. The molecule has 3 aromatic heterocycles. The third kappa shape index (κ3) is 4.98. The molecule has 2 aliphatic carbocycles. The van der Waals surface area contributed by atoms with Gasteiger partial charge in [-0.1, -0.05) is 16.8 Å². The Bertz CT molecular complexity index is 1190. The summed E-state index contributed by atoms with van der Waals surface area (Å²) in [6, 6.07) is 4.19. The van der Waals surface area contributed by atoms with Crippen LogP contribution in [0.2, 0.25) is 0 Å². The van der Waals surface area contributed by atoms with Crippen LogP contribution in [0.1, 0.15) is 68.1 Å². The minimum Gasteiger partial charge on any atom is -0.489 e. The van der Waals surface area contributed by atoms with Crippen molar-refractivity contribution in [2.24, 2.45) is 13.0 Å². The molecule has 2 fully saturated rings. The lowest BCUT2D eigenvalue weighted by Gasteiger charge is -2.28. The molecule has 0 spiro atoms. The molecule has 2 atom stereocenters. The van der Waals surface area contributed by atoms with E-state index in [1.54, 1.807) is 4.68 Å². The summed E-state index contributed by atoms with van der Waals surface area (Å²) < 4.78 is 18.2. The summed E-state index contributed by atoms with van der Waals surface area (Å²) in [5.41, 5.74) is 2.99. The van der Waals surface area contributed by atoms with Crippen LogP contribution in [0.5, 0.6) is 5.75 Å². The Morgan fingerprint density at radius 3 is 2.77 bits per heavy atom. The fourth-order valence-electron chi connectivity index (χ4n) is 4.69. The molecular formula is C24H31N7O4. The van der Waals surface area contributed by atoms with Crippen molar-refractivity contribution in [3.8, 4) is 17.1 Å². The number of rotatable bonds is 8. The van der Waals surface area contributed by atoms with Gasteiger partial charge in [-0.2, -0.15) is 4.98 Å². The standard InChI is InChI=1S/C24H31N7O4/c1-14-20(34-17-9-5-8-16(12-17)23(32)33-3)11-10-18(26-14)21-19(31(2)30-28-21)13-25-24-27-22(29-35-24)15-6-4-7-15/h10-11,15-17H,4-9,12-13H2,1-3H3,(H,25,27,29)/t16-,17-/m0/s1. The minimum atomic E-state index is -0.160. The Labute approximate surface area is 203 Å². The maximum absolute atomic E-state index is 11.9. The zero-order valence-electron chi connectivity index (χ0n) is 20.4. The monoisotopic (exact) mass is 481 g/mol. The third-order valence-electron chi connectivity index (χ3n) is 7.00. The first-order valence-electron chi connectivity index (χ1n) is 12.2. The smallest absolute Gasteiger partial charge is 0.321 e. The molecule has 35 heavy (non-hydrogen) atoms. The van der Waals surface area contributed by atoms with Gasteiger partial charge in [-0.05, 0) is 57.6 Å². The molecule has 5 rings (SSSR count). The first-order valence-corrected chi connectivity index (χ1v) is 12.2. The highest BCUT2D eigenvalue weighted by Crippen LogP contribution is 2.35. The highest BCUT2D eigenvalue weighted by Gasteiger charge is 2.29. The second-order valence-electron chi connectivity index (χ2n) is 9.35. The summed E-state index contributed by atoms with van der Waals surface area (Å²) in [5, 5.41) is 15.8. The van der Waals surface area contributed by atoms with Gasteiger partial charge in [-0.15, -0.1) is 5.10 Å². The quantitative estimate of drug-likeness (QED) is 0.477. The van der Waals surface area contributed by atoms with Crippen molar-refractivity contribution in [2.75, 3.05) is 12.4 Å². The zero-order valence-corrected chi connectivity index (χ0v) is 20.4. The largest absolute Gasteiger partial charge is 0.489 e. The molecule has 1 N–H and O–H groups in total. The second-order valence-corrected chi connectivity index (χ2v) is 9.35. The summed E-state index contributed by atoms with van der Waals surface area (Å²) in [6.07, 6.45) is 6.77. The van der Waals surface area contributed by atoms with Crippen LogP contribution in [-0.4, -0.2) is 49.3 Å². The van der Waals surface area contributed by atoms with Crippen molar-refractivity contribution in [1.29, 1.82) is 0 Å². The van der Waals surface area contributed by atoms with Gasteiger partial charge >= 0.3 is 12.0 Å². The molecule has 0 saturated heterocycles. The molecule has 11 heteroatoms. The van der Waals surface area contributed by atoms with Crippen LogP contribution in [-0.2, 0) is 23.1 Å². The molecule has 11 nitrogen and oxygen atoms in total. The lowest BCUT2D eigenvalue weighted by atomic mass is 9.85. The molecule has 0 unspecified atom stereocenters. The van der Waals surface area contributed by atoms with E-state index in [1.807, 2.05) is 26.1 Å². The van der Waals surface area contributed by atoms with E-state index in [2.05, 4.69) is 25.8 Å². The second kappa shape index (κ2) is 10.0. The third-order valence-corrected chi connectivity index (χ3v) is 7.00. The maximum atomic E-state index is 11.9. The van der Waals surface area contributed by atoms with Gasteiger partial charge < -0.3 is 19.3 Å². The Morgan fingerprint density at radius 1 is 1.20 bits per heavy atom. The van der Waals surface area contributed by atoms with Crippen LogP contribution >= 0.6 is 0 Å². The molecule has 2 saturated carbocycles. The van der Waals surface area contributed by atoms with Crippen molar-refractivity contribution in [3.63, 3.8) is 0 Å². The van der Waals surface area contributed by atoms with E-state index in [4.69, 9.17) is 19.0 Å². The molecule has 3 heterocycles. The average molecular weight is 482 g/mol. The summed E-state index contributed by atoms with van der Waals surface area (Å²) >= 11 is 0. The highest BCUT2D eigenvalue weighted by molar-refractivity contribution is 5.72. The van der Waals surface area contributed by atoms with Gasteiger partial charge in [0, 0.05) is 13.0 Å². The van der Waals surface area contributed by atoms with Gasteiger partial charge in [0.25, 0.3) is 0 Å². The van der Waals surface area contributed by atoms with E-state index in [0.717, 1.165) is 49.3 Å². The van der Waals surface area contributed by atoms with Crippen LogP contribution in [0, 0.1) is 12.8 Å². The minimum absolute atomic E-state index is 0.0327. The molecule has 2 aliphatic rings. The first kappa shape index (κ1) is 23.3. The zero-order chi connectivity index (χ0) is 24.4. The summed E-state index contributed by atoms with van der Waals surface area (Å²) in [4.78, 5) is 21.1. The lowest BCUT2D eigenvalue weighted by Crippen LogP contribution is -2.30. The average Bonchev–Trinajstić information content (AvgIpc) is 3.44. The van der Waals surface area contributed by atoms with Crippen LogP contribution in [0.25, 0.3) is 11.4 Å². The predicted molar refractivity (Wildman–Crippen MR) is 126 cm³/mol. The number of aryl methyl sites for hydroxylation is 2. The number of hydrogen-bond donors (Lipinski definition) is 1. The number of esters is 1. The van der Waals surface area contributed by atoms with E-state index in [9.17, 15) is 4.79 Å². The van der Waals surface area contributed by atoms with Crippen molar-refractivity contribution >= 4 is 12.0 Å². The van der Waals surface area contributed by atoms with E-state index in [-0.39, 0.29) is 18.0 Å². The summed E-state index contributed by atoms with van der Waals surface area (Å²) in [7, 11) is 3.27. The van der Waals surface area contributed by atoms with E-state index < -0.39 is 0 Å². The number of aromatic nitrogens is 6. The Kier molecular flexibility index (Phi) is 6.65. The van der Waals surface area contributed by atoms with Gasteiger partial charge in [-0.3, -0.25) is 4.79 Å². The van der Waals surface area contributed by atoms with E-state index in [1.165, 1.54) is 13.5 Å². The maximum Gasteiger partial charge on any atom is 0.321 e. The van der Waals surface area contributed by atoms with Gasteiger partial charge in [0.05, 0.1) is 42.8 Å². The number of nitrogens with zero attached hydrogens (tertiary/aromatic N) is 6. The lowest BCUT2D eigenvalue weighted by molar-refractivity contribution is -0.147. The van der Waals surface area contributed by atoms with Crippen molar-refractivity contribution in [2.45, 2.75) is 70.4 Å². The number of nitrogens with one attached hydrogen (secondary N) is 1. The van der Waals surface area contributed by atoms with Gasteiger partial charge in [0.1, 0.15) is 11.4 Å². The number of carbonyl (C=O) groups is 1. The predicted octanol–water partition coefficient (Wildman–Crippen LogP) is 3.56. The Hall–Kier alpha value is -3.50. The number of hydrogen-bond acceptors (Lipinski definition) is 10. The summed E-state index contributed by atoms with van der Waals surface area (Å²) in [5.74, 6) is 1.63.